The first kappa shape index (κ1) is 14.2. The number of carbonyl (C=O) groups excluding carboxylic acids is 1. The van der Waals surface area contributed by atoms with E-state index in [4.69, 9.17) is 5.73 Å². The lowest BCUT2D eigenvalue weighted by atomic mass is 10.2. The van der Waals surface area contributed by atoms with Crippen LogP contribution in [-0.2, 0) is 10.0 Å². The fourth-order valence-electron chi connectivity index (χ4n) is 2.37. The van der Waals surface area contributed by atoms with Gasteiger partial charge in [-0.05, 0) is 31.9 Å². The number of sulfonamides is 1. The molecule has 1 aromatic rings. The third-order valence-electron chi connectivity index (χ3n) is 3.44. The Morgan fingerprint density at radius 3 is 2.84 bits per heavy atom. The summed E-state index contributed by atoms with van der Waals surface area (Å²) in [6, 6.07) is 6.03. The summed E-state index contributed by atoms with van der Waals surface area (Å²) in [6.45, 7) is 2.24. The minimum atomic E-state index is -3.55. The van der Waals surface area contributed by atoms with E-state index in [0.29, 0.717) is 18.7 Å². The monoisotopic (exact) mass is 282 g/mol. The number of Topliss-reactive ketones (excluding diaryl/α,β-unsaturated/α-hetero) is 1. The normalized spacial score (nSPS) is 20.6. The van der Waals surface area contributed by atoms with Crippen LogP contribution in [0.15, 0.2) is 29.2 Å². The van der Waals surface area contributed by atoms with Gasteiger partial charge in [0.05, 0.1) is 4.90 Å². The Balaban J connectivity index is 2.39. The van der Waals surface area contributed by atoms with Crippen molar-refractivity contribution >= 4 is 15.8 Å². The molecule has 1 aliphatic heterocycles. The molecule has 5 nitrogen and oxygen atoms in total. The maximum atomic E-state index is 12.5. The SMILES string of the molecule is CC(=O)c1cccc(S(=O)(=O)N2CCCC2CN)c1. The standard InChI is InChI=1S/C13H18N2O3S/c1-10(16)11-4-2-6-13(8-11)19(17,18)15-7-3-5-12(15)9-14/h2,4,6,8,12H,3,5,7,9,14H2,1H3. The molecular formula is C13H18N2O3S. The van der Waals surface area contributed by atoms with Gasteiger partial charge in [-0.3, -0.25) is 4.79 Å². The number of nitrogens with zero attached hydrogens (tertiary/aromatic N) is 1. The highest BCUT2D eigenvalue weighted by atomic mass is 32.2. The quantitative estimate of drug-likeness (QED) is 0.835. The first-order valence-corrected chi connectivity index (χ1v) is 7.73. The van der Waals surface area contributed by atoms with Gasteiger partial charge in [0.25, 0.3) is 0 Å². The largest absolute Gasteiger partial charge is 0.329 e. The number of carbonyl (C=O) groups is 1. The Morgan fingerprint density at radius 1 is 1.47 bits per heavy atom. The molecule has 104 valence electrons. The lowest BCUT2D eigenvalue weighted by Gasteiger charge is -2.23. The Bertz CT molecular complexity index is 583. The predicted molar refractivity (Wildman–Crippen MR) is 72.4 cm³/mol. The summed E-state index contributed by atoms with van der Waals surface area (Å²) in [5, 5.41) is 0. The van der Waals surface area contributed by atoms with Gasteiger partial charge in [0, 0.05) is 24.7 Å². The van der Waals surface area contributed by atoms with Crippen molar-refractivity contribution in [2.24, 2.45) is 5.73 Å². The number of benzene rings is 1. The second kappa shape index (κ2) is 5.40. The van der Waals surface area contributed by atoms with E-state index in [2.05, 4.69) is 0 Å². The van der Waals surface area contributed by atoms with Crippen molar-refractivity contribution < 1.29 is 13.2 Å². The van der Waals surface area contributed by atoms with Gasteiger partial charge in [0.2, 0.25) is 10.0 Å². The topological polar surface area (TPSA) is 80.5 Å². The average molecular weight is 282 g/mol. The maximum absolute atomic E-state index is 12.5. The van der Waals surface area contributed by atoms with E-state index in [1.807, 2.05) is 0 Å². The van der Waals surface area contributed by atoms with Gasteiger partial charge >= 0.3 is 0 Å². The first-order valence-electron chi connectivity index (χ1n) is 6.29. The van der Waals surface area contributed by atoms with Crippen LogP contribution in [0.4, 0.5) is 0 Å². The zero-order valence-electron chi connectivity index (χ0n) is 10.9. The van der Waals surface area contributed by atoms with Crippen LogP contribution >= 0.6 is 0 Å². The summed E-state index contributed by atoms with van der Waals surface area (Å²) >= 11 is 0. The van der Waals surface area contributed by atoms with Crippen LogP contribution in [-0.4, -0.2) is 37.6 Å². The van der Waals surface area contributed by atoms with E-state index in [9.17, 15) is 13.2 Å². The van der Waals surface area contributed by atoms with Crippen LogP contribution in [0.1, 0.15) is 30.1 Å². The van der Waals surface area contributed by atoms with E-state index < -0.39 is 10.0 Å². The zero-order valence-corrected chi connectivity index (χ0v) is 11.7. The minimum Gasteiger partial charge on any atom is -0.329 e. The Morgan fingerprint density at radius 2 is 2.21 bits per heavy atom. The molecule has 1 fully saturated rings. The van der Waals surface area contributed by atoms with Crippen molar-refractivity contribution in [3.8, 4) is 0 Å². The Hall–Kier alpha value is -1.24. The van der Waals surface area contributed by atoms with E-state index in [0.717, 1.165) is 12.8 Å². The predicted octanol–water partition coefficient (Wildman–Crippen LogP) is 1.00. The number of hydrogen-bond donors (Lipinski definition) is 1. The second-order valence-corrected chi connectivity index (χ2v) is 6.62. The first-order chi connectivity index (χ1) is 8.96. The number of ketones is 1. The van der Waals surface area contributed by atoms with Gasteiger partial charge in [-0.1, -0.05) is 12.1 Å². The molecule has 1 aliphatic rings. The van der Waals surface area contributed by atoms with Crippen LogP contribution in [0.3, 0.4) is 0 Å². The molecule has 1 heterocycles. The van der Waals surface area contributed by atoms with Gasteiger partial charge in [-0.15, -0.1) is 0 Å². The van der Waals surface area contributed by atoms with Crippen molar-refractivity contribution in [2.45, 2.75) is 30.7 Å². The van der Waals surface area contributed by atoms with E-state index in [-0.39, 0.29) is 16.7 Å². The van der Waals surface area contributed by atoms with Crippen LogP contribution in [0.25, 0.3) is 0 Å². The molecule has 1 aromatic carbocycles. The lowest BCUT2D eigenvalue weighted by Crippen LogP contribution is -2.39. The van der Waals surface area contributed by atoms with Crippen LogP contribution in [0.2, 0.25) is 0 Å². The molecule has 0 amide bonds. The number of nitrogens with two attached hydrogens (primary N) is 1. The summed E-state index contributed by atoms with van der Waals surface area (Å²) in [5.41, 5.74) is 6.02. The summed E-state index contributed by atoms with van der Waals surface area (Å²) in [6.07, 6.45) is 1.62. The Kier molecular flexibility index (Phi) is 4.03. The number of hydrogen-bond acceptors (Lipinski definition) is 4. The molecule has 0 aliphatic carbocycles. The molecular weight excluding hydrogens is 264 g/mol. The van der Waals surface area contributed by atoms with Gasteiger partial charge < -0.3 is 5.73 Å². The van der Waals surface area contributed by atoms with Gasteiger partial charge in [0.15, 0.2) is 5.78 Å². The van der Waals surface area contributed by atoms with Crippen molar-refractivity contribution in [3.63, 3.8) is 0 Å². The van der Waals surface area contributed by atoms with Gasteiger partial charge in [-0.2, -0.15) is 4.31 Å². The average Bonchev–Trinajstić information content (AvgIpc) is 2.88. The minimum absolute atomic E-state index is 0.133. The zero-order chi connectivity index (χ0) is 14.0. The van der Waals surface area contributed by atoms with Gasteiger partial charge in [-0.25, -0.2) is 8.42 Å². The summed E-state index contributed by atoms with van der Waals surface area (Å²) in [7, 11) is -3.55. The Labute approximate surface area is 113 Å². The van der Waals surface area contributed by atoms with Crippen LogP contribution < -0.4 is 5.73 Å². The fourth-order valence-corrected chi connectivity index (χ4v) is 4.12. The molecule has 1 unspecified atom stereocenters. The summed E-state index contributed by atoms with van der Waals surface area (Å²) in [4.78, 5) is 11.5. The molecule has 0 bridgehead atoms. The summed E-state index contributed by atoms with van der Waals surface area (Å²) in [5.74, 6) is -0.145. The molecule has 0 spiro atoms. The smallest absolute Gasteiger partial charge is 0.243 e. The third-order valence-corrected chi connectivity index (χ3v) is 5.39. The second-order valence-electron chi connectivity index (χ2n) is 4.73. The van der Waals surface area contributed by atoms with E-state index >= 15 is 0 Å². The molecule has 2 rings (SSSR count). The molecule has 0 saturated carbocycles. The fraction of sp³-hybridized carbons (Fsp3) is 0.462. The molecule has 1 saturated heterocycles. The van der Waals surface area contributed by atoms with Crippen molar-refractivity contribution in [3.05, 3.63) is 29.8 Å². The molecule has 0 radical (unpaired) electrons. The van der Waals surface area contributed by atoms with Crippen molar-refractivity contribution in [1.82, 2.24) is 4.31 Å². The van der Waals surface area contributed by atoms with Crippen LogP contribution in [0, 0.1) is 0 Å². The maximum Gasteiger partial charge on any atom is 0.243 e. The van der Waals surface area contributed by atoms with Crippen molar-refractivity contribution in [2.75, 3.05) is 13.1 Å². The van der Waals surface area contributed by atoms with Gasteiger partial charge in [0.1, 0.15) is 0 Å². The lowest BCUT2D eigenvalue weighted by molar-refractivity contribution is 0.101. The number of rotatable bonds is 4. The highest BCUT2D eigenvalue weighted by molar-refractivity contribution is 7.89. The van der Waals surface area contributed by atoms with E-state index in [1.54, 1.807) is 12.1 Å². The summed E-state index contributed by atoms with van der Waals surface area (Å²) < 4.78 is 26.5. The van der Waals surface area contributed by atoms with Crippen molar-refractivity contribution in [1.29, 1.82) is 0 Å². The molecule has 1 atom stereocenters. The molecule has 0 aromatic heterocycles. The molecule has 19 heavy (non-hydrogen) atoms. The molecule has 6 heteroatoms. The van der Waals surface area contributed by atoms with Crippen LogP contribution in [0.5, 0.6) is 0 Å². The highest BCUT2D eigenvalue weighted by Crippen LogP contribution is 2.26. The third kappa shape index (κ3) is 2.70. The molecule has 2 N–H and O–H groups in total. The van der Waals surface area contributed by atoms with E-state index in [1.165, 1.54) is 23.4 Å². The highest BCUT2D eigenvalue weighted by Gasteiger charge is 2.34.